The third-order valence-corrected chi connectivity index (χ3v) is 4.33. The Morgan fingerprint density at radius 2 is 1.85 bits per heavy atom. The van der Waals surface area contributed by atoms with Crippen molar-refractivity contribution >= 4 is 27.5 Å². The lowest BCUT2D eigenvalue weighted by atomic mass is 10.3. The molecule has 1 atom stereocenters. The number of hydrogen-bond donors (Lipinski definition) is 3. The van der Waals surface area contributed by atoms with Crippen LogP contribution >= 0.6 is 11.6 Å². The first-order chi connectivity index (χ1) is 9.36. The van der Waals surface area contributed by atoms with E-state index in [1.165, 1.54) is 31.2 Å². The van der Waals surface area contributed by atoms with Gasteiger partial charge in [0, 0.05) is 18.1 Å². The van der Waals surface area contributed by atoms with Crippen LogP contribution in [0.15, 0.2) is 29.2 Å². The van der Waals surface area contributed by atoms with Crippen LogP contribution in [0.4, 0.5) is 0 Å². The van der Waals surface area contributed by atoms with Gasteiger partial charge in [0.05, 0.1) is 10.9 Å². The van der Waals surface area contributed by atoms with Crippen molar-refractivity contribution in [1.82, 2.24) is 15.4 Å². The van der Waals surface area contributed by atoms with E-state index >= 15 is 0 Å². The van der Waals surface area contributed by atoms with Crippen LogP contribution in [-0.2, 0) is 14.8 Å². The minimum Gasteiger partial charge on any atom is -0.353 e. The van der Waals surface area contributed by atoms with Crippen molar-refractivity contribution < 1.29 is 13.2 Å². The smallest absolute Gasteiger partial charge is 0.241 e. The van der Waals surface area contributed by atoms with Gasteiger partial charge in [0.25, 0.3) is 0 Å². The number of sulfonamides is 1. The van der Waals surface area contributed by atoms with Crippen LogP contribution in [0.1, 0.15) is 6.92 Å². The van der Waals surface area contributed by atoms with E-state index < -0.39 is 16.1 Å². The Morgan fingerprint density at radius 3 is 2.40 bits per heavy atom. The van der Waals surface area contributed by atoms with Gasteiger partial charge in [0.2, 0.25) is 15.9 Å². The summed E-state index contributed by atoms with van der Waals surface area (Å²) in [6.07, 6.45) is 0. The molecule has 0 aliphatic carbocycles. The largest absolute Gasteiger partial charge is 0.353 e. The SMILES string of the molecule is CNCCNC(=O)C(C)NS(=O)(=O)c1ccc(Cl)cc1. The maximum absolute atomic E-state index is 12.0. The Labute approximate surface area is 123 Å². The molecule has 1 aromatic carbocycles. The van der Waals surface area contributed by atoms with Crippen LogP contribution < -0.4 is 15.4 Å². The molecule has 0 saturated carbocycles. The molecule has 0 saturated heterocycles. The van der Waals surface area contributed by atoms with Crippen molar-refractivity contribution in [3.05, 3.63) is 29.3 Å². The van der Waals surface area contributed by atoms with E-state index in [0.717, 1.165) is 0 Å². The number of amides is 1. The second-order valence-corrected chi connectivity index (χ2v) is 6.34. The molecule has 0 spiro atoms. The summed E-state index contributed by atoms with van der Waals surface area (Å²) >= 11 is 5.70. The Hall–Kier alpha value is -1.15. The summed E-state index contributed by atoms with van der Waals surface area (Å²) in [7, 11) is -1.97. The third-order valence-electron chi connectivity index (χ3n) is 2.52. The molecule has 3 N–H and O–H groups in total. The first kappa shape index (κ1) is 16.9. The van der Waals surface area contributed by atoms with E-state index in [-0.39, 0.29) is 10.8 Å². The number of rotatable bonds is 7. The molecular formula is C12H18ClN3O3S. The molecule has 20 heavy (non-hydrogen) atoms. The van der Waals surface area contributed by atoms with Gasteiger partial charge in [0.1, 0.15) is 0 Å². The second-order valence-electron chi connectivity index (χ2n) is 4.19. The molecule has 1 rings (SSSR count). The Balaban J connectivity index is 2.66. The number of likely N-dealkylation sites (N-methyl/N-ethyl adjacent to an activating group) is 1. The highest BCUT2D eigenvalue weighted by Gasteiger charge is 2.21. The zero-order valence-corrected chi connectivity index (χ0v) is 12.9. The molecule has 0 aromatic heterocycles. The normalized spacial score (nSPS) is 12.9. The molecule has 8 heteroatoms. The molecule has 6 nitrogen and oxygen atoms in total. The van der Waals surface area contributed by atoms with Gasteiger partial charge in [-0.3, -0.25) is 4.79 Å². The Kier molecular flexibility index (Phi) is 6.41. The van der Waals surface area contributed by atoms with Crippen molar-refractivity contribution in [2.45, 2.75) is 17.9 Å². The number of carbonyl (C=O) groups excluding carboxylic acids is 1. The molecule has 112 valence electrons. The highest BCUT2D eigenvalue weighted by molar-refractivity contribution is 7.89. The molecule has 1 amide bonds. The molecule has 0 aliphatic heterocycles. The molecule has 1 unspecified atom stereocenters. The number of hydrogen-bond acceptors (Lipinski definition) is 4. The predicted molar refractivity (Wildman–Crippen MR) is 78.2 cm³/mol. The lowest BCUT2D eigenvalue weighted by molar-refractivity contribution is -0.122. The van der Waals surface area contributed by atoms with Gasteiger partial charge in [-0.05, 0) is 38.2 Å². The maximum Gasteiger partial charge on any atom is 0.241 e. The minimum atomic E-state index is -3.74. The zero-order valence-electron chi connectivity index (χ0n) is 11.3. The number of nitrogens with one attached hydrogen (secondary N) is 3. The highest BCUT2D eigenvalue weighted by Crippen LogP contribution is 2.14. The fourth-order valence-electron chi connectivity index (χ4n) is 1.43. The number of halogens is 1. The van der Waals surface area contributed by atoms with Crippen LogP contribution in [0.25, 0.3) is 0 Å². The van der Waals surface area contributed by atoms with E-state index in [0.29, 0.717) is 18.1 Å². The average molecular weight is 320 g/mol. The highest BCUT2D eigenvalue weighted by atomic mass is 35.5. The first-order valence-electron chi connectivity index (χ1n) is 6.07. The van der Waals surface area contributed by atoms with Crippen molar-refractivity contribution in [3.63, 3.8) is 0 Å². The number of benzene rings is 1. The van der Waals surface area contributed by atoms with Gasteiger partial charge in [-0.2, -0.15) is 4.72 Å². The van der Waals surface area contributed by atoms with Gasteiger partial charge < -0.3 is 10.6 Å². The maximum atomic E-state index is 12.0. The fourth-order valence-corrected chi connectivity index (χ4v) is 2.76. The minimum absolute atomic E-state index is 0.0665. The summed E-state index contributed by atoms with van der Waals surface area (Å²) in [5.41, 5.74) is 0. The van der Waals surface area contributed by atoms with Gasteiger partial charge in [-0.25, -0.2) is 8.42 Å². The third kappa shape index (κ3) is 5.09. The predicted octanol–water partition coefficient (Wildman–Crippen LogP) is 0.342. The van der Waals surface area contributed by atoms with Crippen LogP contribution in [-0.4, -0.2) is 40.5 Å². The molecular weight excluding hydrogens is 302 g/mol. The molecule has 0 aliphatic rings. The van der Waals surface area contributed by atoms with E-state index in [1.807, 2.05) is 0 Å². The second kappa shape index (κ2) is 7.58. The summed E-state index contributed by atoms with van der Waals surface area (Å²) in [4.78, 5) is 11.8. The molecule has 0 fully saturated rings. The monoisotopic (exact) mass is 319 g/mol. The first-order valence-corrected chi connectivity index (χ1v) is 7.93. The topological polar surface area (TPSA) is 87.3 Å². The zero-order chi connectivity index (χ0) is 15.2. The van der Waals surface area contributed by atoms with E-state index in [1.54, 1.807) is 7.05 Å². The standard InChI is InChI=1S/C12H18ClN3O3S/c1-9(12(17)15-8-7-14-2)16-20(18,19)11-5-3-10(13)4-6-11/h3-6,9,14,16H,7-8H2,1-2H3,(H,15,17). The molecule has 0 heterocycles. The van der Waals surface area contributed by atoms with Crippen LogP contribution in [0.3, 0.4) is 0 Å². The lowest BCUT2D eigenvalue weighted by Crippen LogP contribution is -2.46. The molecule has 1 aromatic rings. The summed E-state index contributed by atoms with van der Waals surface area (Å²) in [5.74, 6) is -0.377. The van der Waals surface area contributed by atoms with Crippen LogP contribution in [0, 0.1) is 0 Å². The van der Waals surface area contributed by atoms with Crippen molar-refractivity contribution in [3.8, 4) is 0 Å². The summed E-state index contributed by atoms with van der Waals surface area (Å²) in [6.45, 7) is 2.53. The fraction of sp³-hybridized carbons (Fsp3) is 0.417. The molecule has 0 bridgehead atoms. The van der Waals surface area contributed by atoms with E-state index in [4.69, 9.17) is 11.6 Å². The van der Waals surface area contributed by atoms with Gasteiger partial charge in [-0.1, -0.05) is 11.6 Å². The average Bonchev–Trinajstić information content (AvgIpc) is 2.38. The van der Waals surface area contributed by atoms with Crippen LogP contribution in [0.2, 0.25) is 5.02 Å². The van der Waals surface area contributed by atoms with Gasteiger partial charge in [0.15, 0.2) is 0 Å². The Morgan fingerprint density at radius 1 is 1.25 bits per heavy atom. The molecule has 0 radical (unpaired) electrons. The van der Waals surface area contributed by atoms with E-state index in [2.05, 4.69) is 15.4 Å². The number of carbonyl (C=O) groups is 1. The van der Waals surface area contributed by atoms with Gasteiger partial charge >= 0.3 is 0 Å². The summed E-state index contributed by atoms with van der Waals surface area (Å²) < 4.78 is 26.4. The van der Waals surface area contributed by atoms with Crippen molar-refractivity contribution in [2.75, 3.05) is 20.1 Å². The van der Waals surface area contributed by atoms with Crippen molar-refractivity contribution in [1.29, 1.82) is 0 Å². The lowest BCUT2D eigenvalue weighted by Gasteiger charge is -2.14. The van der Waals surface area contributed by atoms with Crippen molar-refractivity contribution in [2.24, 2.45) is 0 Å². The Bertz CT molecular complexity index is 546. The summed E-state index contributed by atoms with van der Waals surface area (Å²) in [5, 5.41) is 5.94. The summed E-state index contributed by atoms with van der Waals surface area (Å²) in [6, 6.07) is 4.88. The van der Waals surface area contributed by atoms with Gasteiger partial charge in [-0.15, -0.1) is 0 Å². The van der Waals surface area contributed by atoms with Crippen LogP contribution in [0.5, 0.6) is 0 Å². The quantitative estimate of drug-likeness (QED) is 0.633. The van der Waals surface area contributed by atoms with E-state index in [9.17, 15) is 13.2 Å².